The number of nitrogens with zero attached hydrogens (tertiary/aromatic N) is 1. The molecule has 0 spiro atoms. The predicted molar refractivity (Wildman–Crippen MR) is 55.9 cm³/mol. The van der Waals surface area contributed by atoms with E-state index in [0.29, 0.717) is 12.0 Å². The van der Waals surface area contributed by atoms with Gasteiger partial charge in [0, 0.05) is 6.04 Å². The minimum atomic E-state index is -2.63. The van der Waals surface area contributed by atoms with Crippen molar-refractivity contribution in [3.63, 3.8) is 0 Å². The molecule has 1 aliphatic rings. The Morgan fingerprint density at radius 1 is 1.40 bits per heavy atom. The first-order valence-electron chi connectivity index (χ1n) is 5.62. The number of likely N-dealkylation sites (tertiary alicyclic amines) is 1. The molecule has 1 fully saturated rings. The van der Waals surface area contributed by atoms with Crippen LogP contribution in [0.3, 0.4) is 0 Å². The molecular formula is C11H21F2NO. The molecule has 4 heteroatoms. The minimum Gasteiger partial charge on any atom is -0.323 e. The normalized spacial score (nSPS) is 29.0. The van der Waals surface area contributed by atoms with Crippen LogP contribution in [0.1, 0.15) is 26.7 Å². The van der Waals surface area contributed by atoms with Gasteiger partial charge in [-0.1, -0.05) is 13.8 Å². The van der Waals surface area contributed by atoms with E-state index < -0.39 is 6.61 Å². The van der Waals surface area contributed by atoms with E-state index in [9.17, 15) is 8.78 Å². The minimum absolute atomic E-state index is 0.185. The summed E-state index contributed by atoms with van der Waals surface area (Å²) in [7, 11) is 2.07. The summed E-state index contributed by atoms with van der Waals surface area (Å²) in [6, 6.07) is 0.373. The summed E-state index contributed by atoms with van der Waals surface area (Å²) in [6.07, 6.45) is 2.08. The van der Waals surface area contributed by atoms with Crippen LogP contribution in [-0.2, 0) is 4.74 Å². The zero-order chi connectivity index (χ0) is 11.4. The molecule has 0 amide bonds. The molecule has 1 saturated heterocycles. The van der Waals surface area contributed by atoms with Gasteiger partial charge in [-0.2, -0.15) is 8.78 Å². The van der Waals surface area contributed by atoms with Crippen molar-refractivity contribution in [2.75, 3.05) is 20.2 Å². The molecule has 0 radical (unpaired) electrons. The van der Waals surface area contributed by atoms with Gasteiger partial charge in [0.05, 0.1) is 6.61 Å². The van der Waals surface area contributed by atoms with Gasteiger partial charge in [0.1, 0.15) is 0 Å². The topological polar surface area (TPSA) is 12.5 Å². The fourth-order valence-electron chi connectivity index (χ4n) is 2.71. The van der Waals surface area contributed by atoms with Crippen LogP contribution in [0.25, 0.3) is 0 Å². The number of ether oxygens (including phenoxy) is 1. The van der Waals surface area contributed by atoms with Crippen molar-refractivity contribution in [3.05, 3.63) is 0 Å². The van der Waals surface area contributed by atoms with E-state index in [0.717, 1.165) is 19.4 Å². The van der Waals surface area contributed by atoms with Crippen LogP contribution in [0, 0.1) is 11.8 Å². The number of hydrogen-bond donors (Lipinski definition) is 0. The Hall–Kier alpha value is -0.220. The van der Waals surface area contributed by atoms with E-state index in [1.54, 1.807) is 0 Å². The molecule has 0 aromatic rings. The third-order valence-electron chi connectivity index (χ3n) is 3.20. The zero-order valence-electron chi connectivity index (χ0n) is 9.75. The van der Waals surface area contributed by atoms with Gasteiger partial charge in [0.15, 0.2) is 0 Å². The second kappa shape index (κ2) is 5.75. The molecule has 0 saturated carbocycles. The fraction of sp³-hybridized carbons (Fsp3) is 1.00. The second-order valence-corrected chi connectivity index (χ2v) is 4.71. The van der Waals surface area contributed by atoms with Crippen LogP contribution in [0.15, 0.2) is 0 Å². The van der Waals surface area contributed by atoms with Crippen molar-refractivity contribution in [1.29, 1.82) is 0 Å². The van der Waals surface area contributed by atoms with Gasteiger partial charge in [0.2, 0.25) is 0 Å². The summed E-state index contributed by atoms with van der Waals surface area (Å²) in [5.41, 5.74) is 0. The van der Waals surface area contributed by atoms with Crippen LogP contribution in [0.2, 0.25) is 0 Å². The number of halogens is 2. The van der Waals surface area contributed by atoms with E-state index in [4.69, 9.17) is 0 Å². The highest BCUT2D eigenvalue weighted by molar-refractivity contribution is 4.84. The third-order valence-corrected chi connectivity index (χ3v) is 3.20. The molecule has 15 heavy (non-hydrogen) atoms. The van der Waals surface area contributed by atoms with Crippen molar-refractivity contribution >= 4 is 0 Å². The van der Waals surface area contributed by atoms with Crippen LogP contribution >= 0.6 is 0 Å². The van der Waals surface area contributed by atoms with Crippen LogP contribution in [-0.4, -0.2) is 37.8 Å². The first kappa shape index (κ1) is 12.8. The van der Waals surface area contributed by atoms with Crippen LogP contribution in [0.4, 0.5) is 8.78 Å². The molecule has 1 heterocycles. The second-order valence-electron chi connectivity index (χ2n) is 4.71. The molecule has 90 valence electrons. The van der Waals surface area contributed by atoms with Gasteiger partial charge in [-0.15, -0.1) is 0 Å². The van der Waals surface area contributed by atoms with Crippen molar-refractivity contribution in [3.8, 4) is 0 Å². The summed E-state index contributed by atoms with van der Waals surface area (Å²) < 4.78 is 28.4. The largest absolute Gasteiger partial charge is 0.345 e. The average Bonchev–Trinajstić information content (AvgIpc) is 2.13. The lowest BCUT2D eigenvalue weighted by Crippen LogP contribution is -2.47. The molecule has 2 atom stereocenters. The lowest BCUT2D eigenvalue weighted by Gasteiger charge is -2.41. The van der Waals surface area contributed by atoms with Gasteiger partial charge < -0.3 is 9.64 Å². The number of rotatable bonds is 4. The van der Waals surface area contributed by atoms with Gasteiger partial charge in [-0.25, -0.2) is 0 Å². The highest BCUT2D eigenvalue weighted by atomic mass is 19.3. The highest BCUT2D eigenvalue weighted by Crippen LogP contribution is 2.28. The van der Waals surface area contributed by atoms with Crippen molar-refractivity contribution in [2.24, 2.45) is 11.8 Å². The molecule has 0 aromatic heterocycles. The van der Waals surface area contributed by atoms with Gasteiger partial charge in [0.25, 0.3) is 0 Å². The molecule has 2 unspecified atom stereocenters. The highest BCUT2D eigenvalue weighted by Gasteiger charge is 2.31. The molecule has 0 bridgehead atoms. The molecule has 0 aliphatic carbocycles. The Balaban J connectivity index is 2.51. The van der Waals surface area contributed by atoms with Gasteiger partial charge in [-0.05, 0) is 38.3 Å². The predicted octanol–water partition coefficient (Wildman–Crippen LogP) is 2.59. The van der Waals surface area contributed by atoms with E-state index in [1.807, 2.05) is 0 Å². The Bertz CT molecular complexity index is 187. The quantitative estimate of drug-likeness (QED) is 0.723. The maximum atomic E-state index is 12.0. The van der Waals surface area contributed by atoms with Crippen LogP contribution in [0.5, 0.6) is 0 Å². The lowest BCUT2D eigenvalue weighted by atomic mass is 9.83. The molecule has 1 aliphatic heterocycles. The SMILES string of the molecule is CC(C)C1C(COC(F)F)CCCN1C. The summed E-state index contributed by atoms with van der Waals surface area (Å²) in [4.78, 5) is 2.27. The van der Waals surface area contributed by atoms with Crippen molar-refractivity contribution in [1.82, 2.24) is 4.90 Å². The summed E-state index contributed by atoms with van der Waals surface area (Å²) >= 11 is 0. The number of piperidine rings is 1. The first-order chi connectivity index (χ1) is 7.02. The molecular weight excluding hydrogens is 200 g/mol. The van der Waals surface area contributed by atoms with Crippen molar-refractivity contribution < 1.29 is 13.5 Å². The Kier molecular flexibility index (Phi) is 4.93. The third kappa shape index (κ3) is 3.68. The maximum absolute atomic E-state index is 12.0. The first-order valence-corrected chi connectivity index (χ1v) is 5.62. The molecule has 0 aromatic carbocycles. The van der Waals surface area contributed by atoms with E-state index >= 15 is 0 Å². The molecule has 0 N–H and O–H groups in total. The monoisotopic (exact) mass is 221 g/mol. The fourth-order valence-corrected chi connectivity index (χ4v) is 2.71. The summed E-state index contributed by atoms with van der Waals surface area (Å²) in [5.74, 6) is 0.735. The smallest absolute Gasteiger partial charge is 0.323 e. The molecule has 1 rings (SSSR count). The average molecular weight is 221 g/mol. The number of alkyl halides is 2. The maximum Gasteiger partial charge on any atom is 0.345 e. The Morgan fingerprint density at radius 3 is 2.60 bits per heavy atom. The van der Waals surface area contributed by atoms with Gasteiger partial charge >= 0.3 is 6.61 Å². The van der Waals surface area contributed by atoms with E-state index in [1.165, 1.54) is 0 Å². The van der Waals surface area contributed by atoms with Crippen molar-refractivity contribution in [2.45, 2.75) is 39.3 Å². The van der Waals surface area contributed by atoms with E-state index in [2.05, 4.69) is 30.5 Å². The number of hydrogen-bond acceptors (Lipinski definition) is 2. The van der Waals surface area contributed by atoms with Crippen LogP contribution < -0.4 is 0 Å². The standard InChI is InChI=1S/C11H21F2NO/c1-8(2)10-9(7-15-11(12)13)5-4-6-14(10)3/h8-11H,4-7H2,1-3H3. The molecule has 2 nitrogen and oxygen atoms in total. The summed E-state index contributed by atoms with van der Waals surface area (Å²) in [5, 5.41) is 0. The summed E-state index contributed by atoms with van der Waals surface area (Å²) in [6.45, 7) is 2.90. The van der Waals surface area contributed by atoms with Gasteiger partial charge in [-0.3, -0.25) is 0 Å². The Labute approximate surface area is 90.6 Å². The van der Waals surface area contributed by atoms with E-state index in [-0.39, 0.29) is 12.5 Å². The zero-order valence-corrected chi connectivity index (χ0v) is 9.75. The Morgan fingerprint density at radius 2 is 2.07 bits per heavy atom. The lowest BCUT2D eigenvalue weighted by molar-refractivity contribution is -0.147.